The van der Waals surface area contributed by atoms with Gasteiger partial charge in [-0.3, -0.25) is 0 Å². The van der Waals surface area contributed by atoms with Crippen LogP contribution in [0.25, 0.3) is 11.0 Å². The number of nitrogens with one attached hydrogen (secondary N) is 2. The van der Waals surface area contributed by atoms with E-state index in [-0.39, 0.29) is 11.6 Å². The summed E-state index contributed by atoms with van der Waals surface area (Å²) in [6, 6.07) is 13.9. The van der Waals surface area contributed by atoms with Crippen LogP contribution >= 0.6 is 0 Å². The fourth-order valence-corrected chi connectivity index (χ4v) is 4.36. The van der Waals surface area contributed by atoms with E-state index in [2.05, 4.69) is 30.1 Å². The van der Waals surface area contributed by atoms with Gasteiger partial charge in [0.15, 0.2) is 0 Å². The summed E-state index contributed by atoms with van der Waals surface area (Å²) in [7, 11) is 0. The Kier molecular flexibility index (Phi) is 6.53. The van der Waals surface area contributed by atoms with Crippen molar-refractivity contribution in [3.63, 3.8) is 0 Å². The number of halogens is 1. The highest BCUT2D eigenvalue weighted by Gasteiger charge is 2.21. The first-order valence-corrected chi connectivity index (χ1v) is 11.6. The molecule has 3 heterocycles. The van der Waals surface area contributed by atoms with Crippen LogP contribution in [0.3, 0.4) is 0 Å². The molecular formula is C25H28FN7O. The summed E-state index contributed by atoms with van der Waals surface area (Å²) in [6.45, 7) is 4.30. The van der Waals surface area contributed by atoms with Crippen molar-refractivity contribution in [2.75, 3.05) is 36.8 Å². The van der Waals surface area contributed by atoms with Crippen LogP contribution in [-0.4, -0.2) is 61.7 Å². The Morgan fingerprint density at radius 1 is 1.03 bits per heavy atom. The number of likely N-dealkylation sites (tertiary alicyclic amines) is 1. The van der Waals surface area contributed by atoms with Crippen LogP contribution in [-0.2, 0) is 6.54 Å². The highest BCUT2D eigenvalue weighted by molar-refractivity contribution is 5.80. The fourth-order valence-electron chi connectivity index (χ4n) is 4.36. The highest BCUT2D eigenvalue weighted by atomic mass is 19.1. The molecule has 3 N–H and O–H groups in total. The lowest BCUT2D eigenvalue weighted by Crippen LogP contribution is -2.41. The second-order valence-corrected chi connectivity index (χ2v) is 8.58. The van der Waals surface area contributed by atoms with Gasteiger partial charge in [-0.25, -0.2) is 19.3 Å². The van der Waals surface area contributed by atoms with Crippen LogP contribution in [0.15, 0.2) is 60.9 Å². The minimum atomic E-state index is -0.249. The van der Waals surface area contributed by atoms with E-state index in [0.29, 0.717) is 18.5 Å². The Morgan fingerprint density at radius 2 is 1.79 bits per heavy atom. The van der Waals surface area contributed by atoms with Crippen LogP contribution in [0.2, 0.25) is 0 Å². The zero-order chi connectivity index (χ0) is 23.3. The molecule has 9 heteroatoms. The third-order valence-electron chi connectivity index (χ3n) is 6.18. The van der Waals surface area contributed by atoms with Gasteiger partial charge in [-0.2, -0.15) is 0 Å². The molecule has 1 fully saturated rings. The number of aromatic nitrogens is 4. The van der Waals surface area contributed by atoms with Gasteiger partial charge in [0.05, 0.1) is 17.6 Å². The van der Waals surface area contributed by atoms with E-state index in [1.165, 1.54) is 12.1 Å². The Bertz CT molecular complexity index is 1220. The van der Waals surface area contributed by atoms with Crippen molar-refractivity contribution in [1.29, 1.82) is 0 Å². The molecular weight excluding hydrogens is 433 g/mol. The lowest BCUT2D eigenvalue weighted by atomic mass is 10.1. The number of fused-ring (bicyclic) bond motifs is 1. The number of nitrogens with zero attached hydrogens (tertiary/aromatic N) is 5. The standard InChI is InChI=1S/C25H28FN7O/c26-19-4-2-18(3-5-19)17-33-23-7-6-21(34)16-22(23)31-25(33)30-20-8-13-32(14-9-20)15-12-29-24-27-10-1-11-28-24/h1-7,10-11,16,20,34H,8-9,12-15,17H2,(H,30,31)(H,27,28,29). The Hall–Kier alpha value is -3.72. The molecule has 0 atom stereocenters. The summed E-state index contributed by atoms with van der Waals surface area (Å²) in [5.41, 5.74) is 2.65. The van der Waals surface area contributed by atoms with E-state index < -0.39 is 0 Å². The molecule has 0 aliphatic carbocycles. The lowest BCUT2D eigenvalue weighted by molar-refractivity contribution is 0.226. The summed E-state index contributed by atoms with van der Waals surface area (Å²) in [5.74, 6) is 1.37. The first-order chi connectivity index (χ1) is 16.6. The quantitative estimate of drug-likeness (QED) is 0.369. The molecule has 4 aromatic rings. The van der Waals surface area contributed by atoms with Gasteiger partial charge < -0.3 is 25.2 Å². The first-order valence-electron chi connectivity index (χ1n) is 11.6. The zero-order valence-corrected chi connectivity index (χ0v) is 18.9. The third kappa shape index (κ3) is 5.26. The van der Waals surface area contributed by atoms with Gasteiger partial charge in [0, 0.05) is 50.7 Å². The number of hydrogen-bond acceptors (Lipinski definition) is 7. The second kappa shape index (κ2) is 10.0. The normalized spacial score (nSPS) is 15.0. The molecule has 1 saturated heterocycles. The number of aromatic hydroxyl groups is 1. The van der Waals surface area contributed by atoms with Crippen molar-refractivity contribution < 1.29 is 9.50 Å². The minimum absolute atomic E-state index is 0.188. The molecule has 2 aromatic heterocycles. The molecule has 0 unspecified atom stereocenters. The SMILES string of the molecule is Oc1ccc2c(c1)nc(NC1CCN(CCNc3ncccn3)CC1)n2Cc1ccc(F)cc1. The molecule has 0 radical (unpaired) electrons. The van der Waals surface area contributed by atoms with Crippen LogP contribution in [0.4, 0.5) is 16.3 Å². The first kappa shape index (κ1) is 22.1. The molecule has 0 amide bonds. The van der Waals surface area contributed by atoms with Crippen molar-refractivity contribution in [2.45, 2.75) is 25.4 Å². The summed E-state index contributed by atoms with van der Waals surface area (Å²) in [4.78, 5) is 15.6. The van der Waals surface area contributed by atoms with Crippen LogP contribution in [0.5, 0.6) is 5.75 Å². The largest absolute Gasteiger partial charge is 0.508 e. The number of imidazole rings is 1. The Balaban J connectivity index is 1.22. The number of piperidine rings is 1. The lowest BCUT2D eigenvalue weighted by Gasteiger charge is -2.32. The van der Waals surface area contributed by atoms with Gasteiger partial charge in [-0.05, 0) is 48.7 Å². The average molecular weight is 462 g/mol. The zero-order valence-electron chi connectivity index (χ0n) is 18.9. The third-order valence-corrected chi connectivity index (χ3v) is 6.18. The summed E-state index contributed by atoms with van der Waals surface area (Å²) < 4.78 is 15.5. The topological polar surface area (TPSA) is 91.1 Å². The van der Waals surface area contributed by atoms with E-state index in [4.69, 9.17) is 4.98 Å². The monoisotopic (exact) mass is 461 g/mol. The van der Waals surface area contributed by atoms with Crippen molar-refractivity contribution in [1.82, 2.24) is 24.4 Å². The van der Waals surface area contributed by atoms with Gasteiger partial charge in [0.2, 0.25) is 11.9 Å². The molecule has 2 aromatic carbocycles. The average Bonchev–Trinajstić information content (AvgIpc) is 3.18. The maximum atomic E-state index is 13.4. The van der Waals surface area contributed by atoms with Gasteiger partial charge in [-0.15, -0.1) is 0 Å². The van der Waals surface area contributed by atoms with Crippen molar-refractivity contribution in [3.05, 3.63) is 72.3 Å². The number of phenols is 1. The number of hydrogen-bond donors (Lipinski definition) is 3. The molecule has 5 rings (SSSR count). The smallest absolute Gasteiger partial charge is 0.222 e. The summed E-state index contributed by atoms with van der Waals surface area (Å²) in [6.07, 6.45) is 5.48. The molecule has 0 spiro atoms. The molecule has 0 saturated carbocycles. The van der Waals surface area contributed by atoms with E-state index in [1.54, 1.807) is 42.7 Å². The number of anilines is 2. The number of phenolic OH excluding ortho intramolecular Hbond substituents is 1. The summed E-state index contributed by atoms with van der Waals surface area (Å²) >= 11 is 0. The van der Waals surface area contributed by atoms with E-state index in [9.17, 15) is 9.50 Å². The highest BCUT2D eigenvalue weighted by Crippen LogP contribution is 2.26. The molecule has 34 heavy (non-hydrogen) atoms. The maximum Gasteiger partial charge on any atom is 0.222 e. The Labute approximate surface area is 197 Å². The van der Waals surface area contributed by atoms with E-state index in [0.717, 1.165) is 61.6 Å². The van der Waals surface area contributed by atoms with Crippen LogP contribution in [0, 0.1) is 5.82 Å². The van der Waals surface area contributed by atoms with E-state index >= 15 is 0 Å². The second-order valence-electron chi connectivity index (χ2n) is 8.58. The Morgan fingerprint density at radius 3 is 2.56 bits per heavy atom. The molecule has 176 valence electrons. The van der Waals surface area contributed by atoms with Gasteiger partial charge in [0.1, 0.15) is 11.6 Å². The summed E-state index contributed by atoms with van der Waals surface area (Å²) in [5, 5.41) is 16.8. The predicted octanol–water partition coefficient (Wildman–Crippen LogP) is 3.71. The minimum Gasteiger partial charge on any atom is -0.508 e. The number of benzene rings is 2. The molecule has 0 bridgehead atoms. The van der Waals surface area contributed by atoms with Crippen molar-refractivity contribution in [2.24, 2.45) is 0 Å². The molecule has 1 aliphatic heterocycles. The predicted molar refractivity (Wildman–Crippen MR) is 131 cm³/mol. The van der Waals surface area contributed by atoms with Gasteiger partial charge >= 0.3 is 0 Å². The van der Waals surface area contributed by atoms with Crippen molar-refractivity contribution in [3.8, 4) is 5.75 Å². The van der Waals surface area contributed by atoms with Gasteiger partial charge in [-0.1, -0.05) is 12.1 Å². The van der Waals surface area contributed by atoms with Crippen molar-refractivity contribution >= 4 is 22.9 Å². The maximum absolute atomic E-state index is 13.4. The van der Waals surface area contributed by atoms with Crippen LogP contribution < -0.4 is 10.6 Å². The molecule has 1 aliphatic rings. The van der Waals surface area contributed by atoms with Gasteiger partial charge in [0.25, 0.3) is 0 Å². The van der Waals surface area contributed by atoms with Crippen LogP contribution in [0.1, 0.15) is 18.4 Å². The van der Waals surface area contributed by atoms with E-state index in [1.807, 2.05) is 6.07 Å². The fraction of sp³-hybridized carbons (Fsp3) is 0.320. The number of rotatable bonds is 8. The molecule has 8 nitrogen and oxygen atoms in total.